The number of halogens is 1. The first kappa shape index (κ1) is 17.3. The molecule has 0 saturated carbocycles. The Labute approximate surface area is 145 Å². The number of allylic oxidation sites excluding steroid dienone is 1. The third kappa shape index (κ3) is 4.70. The van der Waals surface area contributed by atoms with E-state index in [0.717, 1.165) is 26.9 Å². The molecular formula is C19H21BrN2O. The summed E-state index contributed by atoms with van der Waals surface area (Å²) in [6.07, 6.45) is 0. The van der Waals surface area contributed by atoms with E-state index in [4.69, 9.17) is 0 Å². The second-order valence-electron chi connectivity index (χ2n) is 6.07. The van der Waals surface area contributed by atoms with E-state index in [1.165, 1.54) is 0 Å². The molecule has 2 amide bonds. The number of hydrogen-bond donors (Lipinski definition) is 2. The van der Waals surface area contributed by atoms with Crippen molar-refractivity contribution in [2.45, 2.75) is 26.3 Å². The van der Waals surface area contributed by atoms with Crippen LogP contribution in [0.1, 0.15) is 31.9 Å². The highest BCUT2D eigenvalue weighted by atomic mass is 79.9. The molecule has 0 radical (unpaired) electrons. The van der Waals surface area contributed by atoms with Gasteiger partial charge < -0.3 is 10.6 Å². The van der Waals surface area contributed by atoms with Crippen LogP contribution >= 0.6 is 15.9 Å². The van der Waals surface area contributed by atoms with Crippen molar-refractivity contribution in [2.24, 2.45) is 0 Å². The van der Waals surface area contributed by atoms with Crippen LogP contribution in [0.15, 0.2) is 59.6 Å². The molecule has 0 aliphatic carbocycles. The molecule has 2 aromatic carbocycles. The number of benzene rings is 2. The smallest absolute Gasteiger partial charge is 0.319 e. The third-order valence-electron chi connectivity index (χ3n) is 3.61. The van der Waals surface area contributed by atoms with Gasteiger partial charge in [0.15, 0.2) is 0 Å². The van der Waals surface area contributed by atoms with Crippen LogP contribution in [0.5, 0.6) is 0 Å². The van der Waals surface area contributed by atoms with Crippen molar-refractivity contribution < 1.29 is 4.79 Å². The quantitative estimate of drug-likeness (QED) is 0.726. The maximum Gasteiger partial charge on any atom is 0.319 e. The minimum absolute atomic E-state index is 0.238. The second kappa shape index (κ2) is 7.01. The largest absolute Gasteiger partial charge is 0.329 e. The molecule has 0 spiro atoms. The van der Waals surface area contributed by atoms with E-state index in [1.54, 1.807) is 0 Å². The number of rotatable bonds is 4. The predicted molar refractivity (Wildman–Crippen MR) is 100 cm³/mol. The van der Waals surface area contributed by atoms with Gasteiger partial charge in [-0.2, -0.15) is 0 Å². The summed E-state index contributed by atoms with van der Waals surface area (Å²) in [5.74, 6) is 0. The number of carbonyl (C=O) groups is 1. The van der Waals surface area contributed by atoms with E-state index < -0.39 is 5.54 Å². The first-order chi connectivity index (χ1) is 10.8. The van der Waals surface area contributed by atoms with Gasteiger partial charge in [0.2, 0.25) is 0 Å². The van der Waals surface area contributed by atoms with Gasteiger partial charge >= 0.3 is 6.03 Å². The van der Waals surface area contributed by atoms with Gasteiger partial charge in [-0.05, 0) is 62.2 Å². The van der Waals surface area contributed by atoms with Gasteiger partial charge in [0.1, 0.15) is 0 Å². The normalized spacial score (nSPS) is 11.0. The Bertz CT molecular complexity index is 720. The molecule has 23 heavy (non-hydrogen) atoms. The van der Waals surface area contributed by atoms with Gasteiger partial charge in [0.05, 0.1) is 5.54 Å². The number of urea groups is 1. The molecule has 0 fully saturated rings. The number of carbonyl (C=O) groups excluding carboxylic acids is 1. The topological polar surface area (TPSA) is 41.1 Å². The van der Waals surface area contributed by atoms with Crippen LogP contribution < -0.4 is 10.6 Å². The summed E-state index contributed by atoms with van der Waals surface area (Å²) in [6, 6.07) is 15.3. The molecule has 0 aliphatic heterocycles. The Morgan fingerprint density at radius 2 is 1.78 bits per heavy atom. The van der Waals surface area contributed by atoms with Crippen LogP contribution in [0.25, 0.3) is 5.57 Å². The molecule has 0 aliphatic rings. The zero-order valence-electron chi connectivity index (χ0n) is 13.6. The number of hydrogen-bond acceptors (Lipinski definition) is 1. The van der Waals surface area contributed by atoms with Crippen molar-refractivity contribution in [3.05, 3.63) is 70.7 Å². The van der Waals surface area contributed by atoms with Crippen LogP contribution in [-0.2, 0) is 5.54 Å². The highest BCUT2D eigenvalue weighted by Gasteiger charge is 2.23. The van der Waals surface area contributed by atoms with Crippen LogP contribution in [0.4, 0.5) is 10.5 Å². The molecule has 0 unspecified atom stereocenters. The van der Waals surface area contributed by atoms with Crippen LogP contribution in [0, 0.1) is 0 Å². The first-order valence-electron chi connectivity index (χ1n) is 7.39. The highest BCUT2D eigenvalue weighted by Crippen LogP contribution is 2.24. The molecule has 120 valence electrons. The van der Waals surface area contributed by atoms with E-state index in [9.17, 15) is 4.79 Å². The fourth-order valence-corrected chi connectivity index (χ4v) is 2.49. The van der Waals surface area contributed by atoms with Crippen LogP contribution in [0.2, 0.25) is 0 Å². The summed E-state index contributed by atoms with van der Waals surface area (Å²) in [5.41, 5.74) is 3.36. The van der Waals surface area contributed by atoms with Gasteiger partial charge in [-0.1, -0.05) is 46.3 Å². The summed E-state index contributed by atoms with van der Waals surface area (Å²) in [4.78, 5) is 12.3. The number of anilines is 1. The summed E-state index contributed by atoms with van der Waals surface area (Å²) in [7, 11) is 0. The monoisotopic (exact) mass is 372 g/mol. The molecule has 4 heteroatoms. The lowest BCUT2D eigenvalue weighted by Crippen LogP contribution is -2.43. The number of nitrogens with one attached hydrogen (secondary N) is 2. The molecule has 3 nitrogen and oxygen atoms in total. The zero-order chi connectivity index (χ0) is 17.0. The highest BCUT2D eigenvalue weighted by molar-refractivity contribution is 9.10. The van der Waals surface area contributed by atoms with E-state index >= 15 is 0 Å². The van der Waals surface area contributed by atoms with E-state index in [-0.39, 0.29) is 6.03 Å². The fraction of sp³-hybridized carbons (Fsp3) is 0.211. The van der Waals surface area contributed by atoms with Gasteiger partial charge in [-0.3, -0.25) is 0 Å². The molecule has 0 bridgehead atoms. The Kier molecular flexibility index (Phi) is 5.26. The van der Waals surface area contributed by atoms with Crippen molar-refractivity contribution in [3.8, 4) is 0 Å². The lowest BCUT2D eigenvalue weighted by atomic mass is 9.92. The average molecular weight is 373 g/mol. The van der Waals surface area contributed by atoms with Gasteiger partial charge in [-0.15, -0.1) is 0 Å². The maximum atomic E-state index is 12.3. The molecular weight excluding hydrogens is 352 g/mol. The minimum Gasteiger partial charge on any atom is -0.329 e. The van der Waals surface area contributed by atoms with Crippen molar-refractivity contribution in [1.29, 1.82) is 0 Å². The van der Waals surface area contributed by atoms with Crippen molar-refractivity contribution >= 4 is 33.2 Å². The van der Waals surface area contributed by atoms with Gasteiger partial charge in [0, 0.05) is 10.2 Å². The third-order valence-corrected chi connectivity index (χ3v) is 4.13. The van der Waals surface area contributed by atoms with Crippen LogP contribution in [0.3, 0.4) is 0 Å². The molecule has 2 N–H and O–H groups in total. The van der Waals surface area contributed by atoms with Crippen LogP contribution in [-0.4, -0.2) is 6.03 Å². The summed E-state index contributed by atoms with van der Waals surface area (Å²) >= 11 is 3.37. The fourth-order valence-electron chi connectivity index (χ4n) is 2.22. The Hall–Kier alpha value is -2.07. The molecule has 0 atom stereocenters. The molecule has 0 heterocycles. The van der Waals surface area contributed by atoms with E-state index in [0.29, 0.717) is 0 Å². The zero-order valence-corrected chi connectivity index (χ0v) is 15.2. The van der Waals surface area contributed by atoms with Gasteiger partial charge in [0.25, 0.3) is 0 Å². The van der Waals surface area contributed by atoms with Crippen molar-refractivity contribution in [1.82, 2.24) is 5.32 Å². The molecule has 2 aromatic rings. The molecule has 0 aromatic heterocycles. The van der Waals surface area contributed by atoms with Crippen molar-refractivity contribution in [3.63, 3.8) is 0 Å². The molecule has 0 saturated heterocycles. The maximum absolute atomic E-state index is 12.3. The van der Waals surface area contributed by atoms with E-state index in [1.807, 2.05) is 63.2 Å². The Morgan fingerprint density at radius 3 is 2.39 bits per heavy atom. The Morgan fingerprint density at radius 1 is 1.13 bits per heavy atom. The Balaban J connectivity index is 2.10. The summed E-state index contributed by atoms with van der Waals surface area (Å²) in [6.45, 7) is 9.90. The van der Waals surface area contributed by atoms with E-state index in [2.05, 4.69) is 39.2 Å². The lowest BCUT2D eigenvalue weighted by molar-refractivity contribution is 0.242. The predicted octanol–water partition coefficient (Wildman–Crippen LogP) is 5.54. The minimum atomic E-state index is -0.495. The lowest BCUT2D eigenvalue weighted by Gasteiger charge is -2.27. The standard InChI is InChI=1S/C19H21BrN2O/c1-13(2)14-6-5-7-15(12-14)19(3,4)22-18(23)21-17-10-8-16(20)9-11-17/h5-12H,1H2,2-4H3,(H2,21,22,23). The van der Waals surface area contributed by atoms with Crippen molar-refractivity contribution in [2.75, 3.05) is 5.32 Å². The molecule has 2 rings (SSSR count). The first-order valence-corrected chi connectivity index (χ1v) is 8.18. The van der Waals surface area contributed by atoms with Gasteiger partial charge in [-0.25, -0.2) is 4.79 Å². The summed E-state index contributed by atoms with van der Waals surface area (Å²) in [5, 5.41) is 5.85. The average Bonchev–Trinajstić information content (AvgIpc) is 2.49. The second-order valence-corrected chi connectivity index (χ2v) is 6.99. The summed E-state index contributed by atoms with van der Waals surface area (Å²) < 4.78 is 0.973. The SMILES string of the molecule is C=C(C)c1cccc(C(C)(C)NC(=O)Nc2ccc(Br)cc2)c1. The number of amides is 2.